The lowest BCUT2D eigenvalue weighted by Crippen LogP contribution is -2.40. The predicted octanol–water partition coefficient (Wildman–Crippen LogP) is 2.35. The number of hydrogen-bond donors (Lipinski definition) is 1. The number of rotatable bonds is 4. The smallest absolute Gasteiger partial charge is 0.132 e. The highest BCUT2D eigenvalue weighted by atomic mass is 79.9. The predicted molar refractivity (Wildman–Crippen MR) is 69.6 cm³/mol. The van der Waals surface area contributed by atoms with Gasteiger partial charge in [0.05, 0.1) is 12.7 Å². The summed E-state index contributed by atoms with van der Waals surface area (Å²) in [6.07, 6.45) is 1.76. The summed E-state index contributed by atoms with van der Waals surface area (Å²) >= 11 is 3.55. The van der Waals surface area contributed by atoms with Crippen molar-refractivity contribution < 1.29 is 4.74 Å². The fraction of sp³-hybridized carbons (Fsp3) is 0.462. The first-order valence-corrected chi connectivity index (χ1v) is 6.46. The van der Waals surface area contributed by atoms with Gasteiger partial charge >= 0.3 is 0 Å². The van der Waals surface area contributed by atoms with Crippen LogP contribution in [0.2, 0.25) is 0 Å². The molecule has 1 atom stereocenters. The first-order chi connectivity index (χ1) is 8.23. The van der Waals surface area contributed by atoms with Gasteiger partial charge in [0, 0.05) is 18.1 Å². The van der Waals surface area contributed by atoms with Gasteiger partial charge in [-0.05, 0) is 30.0 Å². The molecule has 1 aliphatic rings. The highest BCUT2D eigenvalue weighted by Crippen LogP contribution is 2.39. The van der Waals surface area contributed by atoms with Gasteiger partial charge in [-0.15, -0.1) is 0 Å². The molecule has 0 saturated heterocycles. The van der Waals surface area contributed by atoms with Crippen molar-refractivity contribution in [3.8, 4) is 6.07 Å². The second-order valence-electron chi connectivity index (χ2n) is 4.20. The van der Waals surface area contributed by atoms with E-state index in [1.807, 2.05) is 18.2 Å². The zero-order chi connectivity index (χ0) is 12.3. The highest BCUT2D eigenvalue weighted by Gasteiger charge is 2.39. The van der Waals surface area contributed by atoms with Crippen LogP contribution in [-0.4, -0.2) is 20.3 Å². The molecule has 90 valence electrons. The molecule has 0 heterocycles. The molecule has 4 heteroatoms. The minimum absolute atomic E-state index is 0.544. The quantitative estimate of drug-likeness (QED) is 0.867. The largest absolute Gasteiger partial charge is 0.383 e. The summed E-state index contributed by atoms with van der Waals surface area (Å²) in [7, 11) is 1.67. The lowest BCUT2D eigenvalue weighted by molar-refractivity contribution is 0.190. The summed E-state index contributed by atoms with van der Waals surface area (Å²) in [4.78, 5) is 0. The van der Waals surface area contributed by atoms with Gasteiger partial charge in [-0.25, -0.2) is 0 Å². The number of methoxy groups -OCH3 is 1. The van der Waals surface area contributed by atoms with Gasteiger partial charge < -0.3 is 4.74 Å². The topological polar surface area (TPSA) is 45.0 Å². The molecule has 0 aliphatic heterocycles. The molecule has 0 spiro atoms. The molecule has 0 saturated carbocycles. The summed E-state index contributed by atoms with van der Waals surface area (Å²) in [5.41, 5.74) is 1.81. The number of benzene rings is 1. The van der Waals surface area contributed by atoms with Crippen molar-refractivity contribution >= 4 is 15.9 Å². The monoisotopic (exact) mass is 294 g/mol. The maximum Gasteiger partial charge on any atom is 0.132 e. The average molecular weight is 295 g/mol. The Morgan fingerprint density at radius 3 is 3.12 bits per heavy atom. The van der Waals surface area contributed by atoms with Crippen LogP contribution in [0.3, 0.4) is 0 Å². The van der Waals surface area contributed by atoms with Crippen molar-refractivity contribution in [2.75, 3.05) is 20.3 Å². The number of nitrogens with one attached hydrogen (secondary N) is 1. The molecule has 1 N–H and O–H groups in total. The maximum absolute atomic E-state index is 9.48. The molecule has 1 aromatic carbocycles. The standard InChI is InChI=1S/C13H15BrN2O/c1-17-8-7-16-13(9-15)6-5-10-11(13)3-2-4-12(10)14/h2-4,16H,5-8H2,1H3. The van der Waals surface area contributed by atoms with Crippen LogP contribution in [0, 0.1) is 11.3 Å². The summed E-state index contributed by atoms with van der Waals surface area (Å²) in [5, 5.41) is 12.8. The molecule has 0 fully saturated rings. The third-order valence-electron chi connectivity index (χ3n) is 3.25. The molecule has 1 unspecified atom stereocenters. The van der Waals surface area contributed by atoms with E-state index in [-0.39, 0.29) is 0 Å². The van der Waals surface area contributed by atoms with Crippen LogP contribution in [0.4, 0.5) is 0 Å². The molecule has 3 nitrogen and oxygen atoms in total. The van der Waals surface area contributed by atoms with Crippen molar-refractivity contribution in [1.29, 1.82) is 5.26 Å². The first-order valence-electron chi connectivity index (χ1n) is 5.66. The third kappa shape index (κ3) is 2.23. The van der Waals surface area contributed by atoms with E-state index in [1.54, 1.807) is 7.11 Å². The van der Waals surface area contributed by atoms with Gasteiger partial charge in [0.25, 0.3) is 0 Å². The summed E-state index contributed by atoms with van der Waals surface area (Å²) in [6.45, 7) is 1.31. The van der Waals surface area contributed by atoms with E-state index in [2.05, 4.69) is 27.3 Å². The number of halogens is 1. The number of ether oxygens (including phenoxy) is 1. The van der Waals surface area contributed by atoms with Gasteiger partial charge in [0.1, 0.15) is 5.54 Å². The average Bonchev–Trinajstić information content (AvgIpc) is 2.71. The zero-order valence-corrected chi connectivity index (χ0v) is 11.4. The van der Waals surface area contributed by atoms with Crippen molar-refractivity contribution in [3.63, 3.8) is 0 Å². The molecule has 2 rings (SSSR count). The van der Waals surface area contributed by atoms with Crippen molar-refractivity contribution in [1.82, 2.24) is 5.32 Å². The Labute approximate surface area is 110 Å². The Morgan fingerprint density at radius 2 is 2.41 bits per heavy atom. The van der Waals surface area contributed by atoms with Gasteiger partial charge in [-0.2, -0.15) is 5.26 Å². The Kier molecular flexibility index (Phi) is 3.82. The number of nitrogens with zero attached hydrogens (tertiary/aromatic N) is 1. The first kappa shape index (κ1) is 12.6. The Morgan fingerprint density at radius 1 is 1.59 bits per heavy atom. The lowest BCUT2D eigenvalue weighted by atomic mass is 9.93. The van der Waals surface area contributed by atoms with E-state index in [9.17, 15) is 5.26 Å². The molecule has 0 aromatic heterocycles. The summed E-state index contributed by atoms with van der Waals surface area (Å²) in [5.74, 6) is 0. The van der Waals surface area contributed by atoms with E-state index >= 15 is 0 Å². The molecule has 1 aliphatic carbocycles. The van der Waals surface area contributed by atoms with Gasteiger partial charge in [0.2, 0.25) is 0 Å². The fourth-order valence-corrected chi connectivity index (χ4v) is 2.93. The minimum atomic E-state index is -0.544. The maximum atomic E-state index is 9.48. The van der Waals surface area contributed by atoms with Gasteiger partial charge in [-0.3, -0.25) is 5.32 Å². The van der Waals surface area contributed by atoms with Gasteiger partial charge in [-0.1, -0.05) is 28.1 Å². The molecule has 1 aromatic rings. The van der Waals surface area contributed by atoms with Crippen LogP contribution in [0.15, 0.2) is 22.7 Å². The normalized spacial score (nSPS) is 22.2. The van der Waals surface area contributed by atoms with E-state index in [4.69, 9.17) is 4.74 Å². The fourth-order valence-electron chi connectivity index (χ4n) is 2.37. The number of fused-ring (bicyclic) bond motifs is 1. The van der Waals surface area contributed by atoms with Crippen molar-refractivity contribution in [2.24, 2.45) is 0 Å². The van der Waals surface area contributed by atoms with Crippen LogP contribution in [0.5, 0.6) is 0 Å². The lowest BCUT2D eigenvalue weighted by Gasteiger charge is -2.24. The van der Waals surface area contributed by atoms with Crippen LogP contribution in [-0.2, 0) is 16.7 Å². The summed E-state index contributed by atoms with van der Waals surface area (Å²) in [6, 6.07) is 8.48. The number of hydrogen-bond acceptors (Lipinski definition) is 3. The SMILES string of the molecule is COCCNC1(C#N)CCc2c(Br)cccc21. The zero-order valence-electron chi connectivity index (χ0n) is 9.79. The molecule has 17 heavy (non-hydrogen) atoms. The molecule has 0 radical (unpaired) electrons. The van der Waals surface area contributed by atoms with Crippen LogP contribution in [0.25, 0.3) is 0 Å². The van der Waals surface area contributed by atoms with E-state index in [0.29, 0.717) is 13.2 Å². The molecule has 0 bridgehead atoms. The van der Waals surface area contributed by atoms with Crippen LogP contribution < -0.4 is 5.32 Å². The van der Waals surface area contributed by atoms with Crippen LogP contribution in [0.1, 0.15) is 17.5 Å². The Hall–Kier alpha value is -0.890. The molecular weight excluding hydrogens is 280 g/mol. The summed E-state index contributed by atoms with van der Waals surface area (Å²) < 4.78 is 6.12. The molecule has 0 amide bonds. The van der Waals surface area contributed by atoms with E-state index < -0.39 is 5.54 Å². The highest BCUT2D eigenvalue weighted by molar-refractivity contribution is 9.10. The third-order valence-corrected chi connectivity index (χ3v) is 4.00. The van der Waals surface area contributed by atoms with Crippen molar-refractivity contribution in [2.45, 2.75) is 18.4 Å². The van der Waals surface area contributed by atoms with Crippen LogP contribution >= 0.6 is 15.9 Å². The van der Waals surface area contributed by atoms with E-state index in [0.717, 1.165) is 22.9 Å². The second kappa shape index (κ2) is 5.18. The Bertz CT molecular complexity index is 455. The van der Waals surface area contributed by atoms with Gasteiger partial charge in [0.15, 0.2) is 0 Å². The second-order valence-corrected chi connectivity index (χ2v) is 5.06. The minimum Gasteiger partial charge on any atom is -0.383 e. The molecular formula is C13H15BrN2O. The Balaban J connectivity index is 2.28. The van der Waals surface area contributed by atoms with Crippen molar-refractivity contribution in [3.05, 3.63) is 33.8 Å². The number of nitriles is 1. The van der Waals surface area contributed by atoms with E-state index in [1.165, 1.54) is 5.56 Å².